The molecule has 0 fully saturated rings. The summed E-state index contributed by atoms with van der Waals surface area (Å²) < 4.78 is 0. The second kappa shape index (κ2) is 9.38. The Labute approximate surface area is 221 Å². The van der Waals surface area contributed by atoms with Crippen LogP contribution in [0.15, 0.2) is 140 Å². The minimum absolute atomic E-state index is 0.658. The van der Waals surface area contributed by atoms with Gasteiger partial charge in [-0.1, -0.05) is 121 Å². The van der Waals surface area contributed by atoms with Gasteiger partial charge in [-0.05, 0) is 50.9 Å². The minimum Gasteiger partial charge on any atom is -0.208 e. The van der Waals surface area contributed by atoms with Crippen LogP contribution >= 0.6 is 0 Å². The molecule has 0 N–H and O–H groups in total. The van der Waals surface area contributed by atoms with Gasteiger partial charge in [0.2, 0.25) is 0 Å². The van der Waals surface area contributed by atoms with Crippen LogP contribution in [0.1, 0.15) is 0 Å². The van der Waals surface area contributed by atoms with Crippen LogP contribution in [0.4, 0.5) is 0 Å². The normalized spacial score (nSPS) is 11.2. The van der Waals surface area contributed by atoms with Gasteiger partial charge in [0.25, 0.3) is 0 Å². The Hall–Kier alpha value is -5.15. The zero-order valence-electron chi connectivity index (χ0n) is 20.6. The van der Waals surface area contributed by atoms with E-state index in [1.165, 1.54) is 10.8 Å². The lowest BCUT2D eigenvalue weighted by molar-refractivity contribution is 1.08. The van der Waals surface area contributed by atoms with E-state index >= 15 is 0 Å². The molecule has 7 aromatic rings. The third kappa shape index (κ3) is 4.10. The van der Waals surface area contributed by atoms with E-state index in [-0.39, 0.29) is 0 Å². The predicted molar refractivity (Wildman–Crippen MR) is 157 cm³/mol. The molecule has 0 saturated heterocycles. The topological polar surface area (TPSA) is 38.7 Å². The minimum atomic E-state index is 0.658. The van der Waals surface area contributed by atoms with Crippen molar-refractivity contribution in [1.82, 2.24) is 15.0 Å². The third-order valence-corrected chi connectivity index (χ3v) is 6.89. The van der Waals surface area contributed by atoms with E-state index < -0.39 is 0 Å². The molecule has 0 saturated carbocycles. The molecule has 0 aliphatic carbocycles. The van der Waals surface area contributed by atoms with Gasteiger partial charge in [-0.3, -0.25) is 0 Å². The fourth-order valence-corrected chi connectivity index (χ4v) is 4.95. The van der Waals surface area contributed by atoms with Gasteiger partial charge in [0.05, 0.1) is 0 Å². The van der Waals surface area contributed by atoms with Crippen LogP contribution in [-0.4, -0.2) is 15.0 Å². The lowest BCUT2D eigenvalue weighted by Crippen LogP contribution is -2.01. The summed E-state index contributed by atoms with van der Waals surface area (Å²) in [5.41, 5.74) is 5.13. The molecule has 7 rings (SSSR count). The van der Waals surface area contributed by atoms with E-state index in [1.807, 2.05) is 36.4 Å². The Morgan fingerprint density at radius 2 is 0.763 bits per heavy atom. The maximum absolute atomic E-state index is 5.08. The molecule has 0 bridgehead atoms. The Balaban J connectivity index is 1.50. The van der Waals surface area contributed by atoms with Gasteiger partial charge < -0.3 is 0 Å². The summed E-state index contributed by atoms with van der Waals surface area (Å²) in [6.45, 7) is 0. The molecule has 3 heteroatoms. The number of benzene rings is 6. The van der Waals surface area contributed by atoms with E-state index in [2.05, 4.69) is 103 Å². The Morgan fingerprint density at radius 3 is 1.42 bits per heavy atom. The van der Waals surface area contributed by atoms with Crippen molar-refractivity contribution in [2.45, 2.75) is 0 Å². The zero-order chi connectivity index (χ0) is 25.3. The van der Waals surface area contributed by atoms with Crippen LogP contribution in [-0.2, 0) is 0 Å². The summed E-state index contributed by atoms with van der Waals surface area (Å²) in [5.74, 6) is 1.98. The molecule has 0 atom stereocenters. The zero-order valence-corrected chi connectivity index (χ0v) is 20.6. The first-order chi connectivity index (χ1) is 18.8. The molecule has 1 aromatic heterocycles. The number of fused-ring (bicyclic) bond motifs is 2. The SMILES string of the molecule is c1ccc(-c2nc(-c3ccc4ccccc4c3)nc(-c3cc4ccccc4cc3-c3ccccc3)n2)cc1. The summed E-state index contributed by atoms with van der Waals surface area (Å²) in [7, 11) is 0. The average molecular weight is 486 g/mol. The molecule has 0 aliphatic rings. The average Bonchev–Trinajstić information content (AvgIpc) is 3.01. The van der Waals surface area contributed by atoms with Crippen LogP contribution in [0.2, 0.25) is 0 Å². The lowest BCUT2D eigenvalue weighted by atomic mass is 9.95. The van der Waals surface area contributed by atoms with Crippen molar-refractivity contribution in [2.75, 3.05) is 0 Å². The predicted octanol–water partition coefficient (Wildman–Crippen LogP) is 8.85. The fraction of sp³-hybridized carbons (Fsp3) is 0. The van der Waals surface area contributed by atoms with Crippen LogP contribution in [0.3, 0.4) is 0 Å². The summed E-state index contributed by atoms with van der Waals surface area (Å²) in [6, 6.07) is 48.2. The standard InChI is InChI=1S/C35H23N3/c1-3-12-25(13-4-1)31-22-28-17-9-10-18-29(28)23-32(31)35-37-33(26-14-5-2-6-15-26)36-34(38-35)30-20-19-24-11-7-8-16-27(24)21-30/h1-23H. The van der Waals surface area contributed by atoms with E-state index in [1.54, 1.807) is 0 Å². The molecule has 3 nitrogen and oxygen atoms in total. The van der Waals surface area contributed by atoms with E-state index in [4.69, 9.17) is 15.0 Å². The van der Waals surface area contributed by atoms with Crippen molar-refractivity contribution in [2.24, 2.45) is 0 Å². The first kappa shape index (κ1) is 22.1. The van der Waals surface area contributed by atoms with Gasteiger partial charge in [-0.25, -0.2) is 15.0 Å². The summed E-state index contributed by atoms with van der Waals surface area (Å²) in [6.07, 6.45) is 0. The molecule has 38 heavy (non-hydrogen) atoms. The van der Waals surface area contributed by atoms with Gasteiger partial charge in [-0.15, -0.1) is 0 Å². The van der Waals surface area contributed by atoms with E-state index in [0.29, 0.717) is 17.5 Å². The quantitative estimate of drug-likeness (QED) is 0.250. The van der Waals surface area contributed by atoms with E-state index in [0.717, 1.165) is 38.6 Å². The molecule has 0 spiro atoms. The third-order valence-electron chi connectivity index (χ3n) is 6.89. The van der Waals surface area contributed by atoms with Crippen molar-refractivity contribution in [1.29, 1.82) is 0 Å². The van der Waals surface area contributed by atoms with Gasteiger partial charge >= 0.3 is 0 Å². The molecule has 1 heterocycles. The molecular weight excluding hydrogens is 462 g/mol. The highest BCUT2D eigenvalue weighted by Crippen LogP contribution is 2.36. The van der Waals surface area contributed by atoms with Gasteiger partial charge in [0.15, 0.2) is 17.5 Å². The Bertz CT molecular complexity index is 1910. The summed E-state index contributed by atoms with van der Waals surface area (Å²) >= 11 is 0. The van der Waals surface area contributed by atoms with Gasteiger partial charge in [0, 0.05) is 16.7 Å². The maximum Gasteiger partial charge on any atom is 0.164 e. The smallest absolute Gasteiger partial charge is 0.164 e. The first-order valence-corrected chi connectivity index (χ1v) is 12.7. The number of hydrogen-bond acceptors (Lipinski definition) is 3. The molecule has 0 radical (unpaired) electrons. The number of nitrogens with zero attached hydrogens (tertiary/aromatic N) is 3. The van der Waals surface area contributed by atoms with Gasteiger partial charge in [0.1, 0.15) is 0 Å². The lowest BCUT2D eigenvalue weighted by Gasteiger charge is -2.14. The number of aromatic nitrogens is 3. The summed E-state index contributed by atoms with van der Waals surface area (Å²) in [5, 5.41) is 4.68. The second-order valence-electron chi connectivity index (χ2n) is 9.35. The van der Waals surface area contributed by atoms with Crippen LogP contribution in [0, 0.1) is 0 Å². The van der Waals surface area contributed by atoms with Crippen molar-refractivity contribution < 1.29 is 0 Å². The number of hydrogen-bond donors (Lipinski definition) is 0. The summed E-state index contributed by atoms with van der Waals surface area (Å²) in [4.78, 5) is 15.1. The molecular formula is C35H23N3. The monoisotopic (exact) mass is 485 g/mol. The highest BCUT2D eigenvalue weighted by molar-refractivity contribution is 5.95. The molecule has 6 aromatic carbocycles. The molecule has 0 aliphatic heterocycles. The Morgan fingerprint density at radius 1 is 0.289 bits per heavy atom. The fourth-order valence-electron chi connectivity index (χ4n) is 4.95. The van der Waals surface area contributed by atoms with Crippen LogP contribution in [0.5, 0.6) is 0 Å². The maximum atomic E-state index is 5.08. The highest BCUT2D eigenvalue weighted by atomic mass is 15.0. The Kier molecular flexibility index (Phi) is 5.45. The van der Waals surface area contributed by atoms with E-state index in [9.17, 15) is 0 Å². The van der Waals surface area contributed by atoms with Crippen molar-refractivity contribution in [3.63, 3.8) is 0 Å². The molecule has 0 amide bonds. The molecule has 178 valence electrons. The second-order valence-corrected chi connectivity index (χ2v) is 9.35. The van der Waals surface area contributed by atoms with Crippen molar-refractivity contribution >= 4 is 21.5 Å². The highest BCUT2D eigenvalue weighted by Gasteiger charge is 2.17. The van der Waals surface area contributed by atoms with Crippen LogP contribution in [0.25, 0.3) is 66.8 Å². The van der Waals surface area contributed by atoms with Crippen LogP contribution < -0.4 is 0 Å². The van der Waals surface area contributed by atoms with Gasteiger partial charge in [-0.2, -0.15) is 0 Å². The van der Waals surface area contributed by atoms with Crippen molar-refractivity contribution in [3.8, 4) is 45.3 Å². The first-order valence-electron chi connectivity index (χ1n) is 12.7. The number of rotatable bonds is 4. The largest absolute Gasteiger partial charge is 0.208 e. The molecule has 0 unspecified atom stereocenters. The van der Waals surface area contributed by atoms with Crippen molar-refractivity contribution in [3.05, 3.63) is 140 Å².